The van der Waals surface area contributed by atoms with E-state index in [1.165, 1.54) is 6.20 Å². The highest BCUT2D eigenvalue weighted by atomic mass is 35.5. The van der Waals surface area contributed by atoms with Crippen LogP contribution >= 0.6 is 11.6 Å². The highest BCUT2D eigenvalue weighted by Crippen LogP contribution is 2.35. The lowest BCUT2D eigenvalue weighted by Gasteiger charge is -2.14. The number of hydrogen-bond donors (Lipinski definition) is 4. The average molecular weight is 367 g/mol. The van der Waals surface area contributed by atoms with Crippen LogP contribution in [-0.2, 0) is 9.47 Å². The molecule has 0 amide bonds. The van der Waals surface area contributed by atoms with Gasteiger partial charge in [0, 0.05) is 20.2 Å². The number of hydrogen-bond acceptors (Lipinski definition) is 7. The second-order valence-electron chi connectivity index (χ2n) is 4.92. The molecule has 0 unspecified atom stereocenters. The van der Waals surface area contributed by atoms with Crippen molar-refractivity contribution in [3.05, 3.63) is 46.8 Å². The summed E-state index contributed by atoms with van der Waals surface area (Å²) >= 11 is 6.27. The van der Waals surface area contributed by atoms with E-state index in [4.69, 9.17) is 37.0 Å². The van der Waals surface area contributed by atoms with Crippen molar-refractivity contribution < 1.29 is 19.5 Å². The lowest BCUT2D eigenvalue weighted by molar-refractivity contribution is -0.534. The molecular weight excluding hydrogens is 346 g/mol. The first-order valence-corrected chi connectivity index (χ1v) is 7.87. The highest BCUT2D eigenvalue weighted by molar-refractivity contribution is 6.35. The Kier molecular flexibility index (Phi) is 6.81. The Morgan fingerprint density at radius 1 is 1.44 bits per heavy atom. The second kappa shape index (κ2) is 9.07. The maximum atomic E-state index is 7.61. The molecule has 0 spiro atoms. The van der Waals surface area contributed by atoms with Gasteiger partial charge in [-0.1, -0.05) is 11.6 Å². The van der Waals surface area contributed by atoms with Gasteiger partial charge in [-0.3, -0.25) is 5.32 Å². The van der Waals surface area contributed by atoms with E-state index in [1.807, 2.05) is 0 Å². The van der Waals surface area contributed by atoms with Crippen molar-refractivity contribution in [2.24, 2.45) is 0 Å². The van der Waals surface area contributed by atoms with Gasteiger partial charge < -0.3 is 30.7 Å². The van der Waals surface area contributed by atoms with E-state index in [9.17, 15) is 0 Å². The van der Waals surface area contributed by atoms with E-state index in [0.29, 0.717) is 46.9 Å². The standard InChI is InChI=1S/C16H20ClN5O3/c1-20-15-14(17)13(9-22-16(15)19)25-12(7-18)11-4-3-10(8-21-11)24-6-5-23-2/h3-4,7-9,18,20-21H,5-6H2,1-2H3,(H2,19,22)/p+1/b12-11+,18-7?. The summed E-state index contributed by atoms with van der Waals surface area (Å²) in [5.74, 6) is 1.60. The molecule has 25 heavy (non-hydrogen) atoms. The Labute approximate surface area is 150 Å². The fraction of sp³-hybridized carbons (Fsp3) is 0.250. The quantitative estimate of drug-likeness (QED) is 0.312. The van der Waals surface area contributed by atoms with Crippen molar-refractivity contribution in [2.45, 2.75) is 0 Å². The first-order valence-electron chi connectivity index (χ1n) is 7.49. The van der Waals surface area contributed by atoms with E-state index in [0.717, 1.165) is 6.21 Å². The molecular formula is C16H21ClN5O3+. The Balaban J connectivity index is 2.15. The number of allylic oxidation sites excluding steroid dienone is 3. The van der Waals surface area contributed by atoms with E-state index < -0.39 is 0 Å². The van der Waals surface area contributed by atoms with E-state index >= 15 is 0 Å². The van der Waals surface area contributed by atoms with Crippen LogP contribution in [0.5, 0.6) is 5.75 Å². The zero-order valence-electron chi connectivity index (χ0n) is 14.0. The van der Waals surface area contributed by atoms with Crippen LogP contribution in [0.25, 0.3) is 0 Å². The summed E-state index contributed by atoms with van der Waals surface area (Å²) in [7, 11) is 3.30. The second-order valence-corrected chi connectivity index (χ2v) is 5.30. The predicted molar refractivity (Wildman–Crippen MR) is 96.6 cm³/mol. The summed E-state index contributed by atoms with van der Waals surface area (Å²) in [6.07, 6.45) is 7.90. The number of nitrogens with one attached hydrogen (secondary N) is 2. The number of nitrogens with two attached hydrogens (primary N) is 2. The molecule has 2 rings (SSSR count). The van der Waals surface area contributed by atoms with Crippen molar-refractivity contribution in [3.63, 3.8) is 0 Å². The fourth-order valence-corrected chi connectivity index (χ4v) is 2.32. The molecule has 1 aromatic rings. The van der Waals surface area contributed by atoms with Gasteiger partial charge in [0.15, 0.2) is 17.2 Å². The van der Waals surface area contributed by atoms with Crippen LogP contribution in [-0.4, -0.2) is 38.6 Å². The molecule has 134 valence electrons. The van der Waals surface area contributed by atoms with Crippen LogP contribution < -0.4 is 21.1 Å². The molecule has 0 radical (unpaired) electrons. The Morgan fingerprint density at radius 2 is 2.24 bits per heavy atom. The van der Waals surface area contributed by atoms with Crippen molar-refractivity contribution >= 4 is 29.3 Å². The van der Waals surface area contributed by atoms with Crippen molar-refractivity contribution in [1.29, 1.82) is 5.41 Å². The minimum Gasteiger partial charge on any atom is -0.486 e. The normalized spacial score (nSPS) is 15.4. The van der Waals surface area contributed by atoms with E-state index in [-0.39, 0.29) is 5.82 Å². The van der Waals surface area contributed by atoms with Gasteiger partial charge in [0.2, 0.25) is 5.76 Å². The molecule has 0 atom stereocenters. The fourth-order valence-electron chi connectivity index (χ4n) is 2.04. The molecule has 0 aromatic carbocycles. The maximum Gasteiger partial charge on any atom is 0.205 e. The van der Waals surface area contributed by atoms with Gasteiger partial charge in [-0.05, 0) is 6.08 Å². The lowest BCUT2D eigenvalue weighted by atomic mass is 10.2. The van der Waals surface area contributed by atoms with Gasteiger partial charge in [0.1, 0.15) is 23.6 Å². The van der Waals surface area contributed by atoms with Crippen LogP contribution in [0.15, 0.2) is 41.8 Å². The molecule has 2 heterocycles. The molecule has 1 aromatic heterocycles. The summed E-state index contributed by atoms with van der Waals surface area (Å²) in [6.45, 7) is 0.978. The number of aromatic nitrogens is 1. The number of nitrogen functional groups attached to an aromatic ring is 1. The third-order valence-electron chi connectivity index (χ3n) is 3.31. The molecule has 0 fully saturated rings. The first kappa shape index (κ1) is 18.8. The molecule has 0 aliphatic carbocycles. The number of pyridine rings is 1. The molecule has 1 aliphatic heterocycles. The maximum absolute atomic E-state index is 7.61. The minimum absolute atomic E-state index is 0.272. The number of rotatable bonds is 8. The summed E-state index contributed by atoms with van der Waals surface area (Å²) < 4.78 is 16.2. The SMILES string of the molecule is CNc1c(N)ncc(O/C(C=N)=C2\C=CC(OCCOC)=C[NH2+]2)c1Cl. The lowest BCUT2D eigenvalue weighted by Crippen LogP contribution is -2.77. The topological polar surface area (TPSA) is 119 Å². The monoisotopic (exact) mass is 366 g/mol. The summed E-state index contributed by atoms with van der Waals surface area (Å²) in [6, 6.07) is 0. The molecule has 1 aliphatic rings. The van der Waals surface area contributed by atoms with Crippen LogP contribution in [0.2, 0.25) is 5.02 Å². The van der Waals surface area contributed by atoms with Crippen LogP contribution in [0.4, 0.5) is 11.5 Å². The smallest absolute Gasteiger partial charge is 0.205 e. The van der Waals surface area contributed by atoms with Gasteiger partial charge in [0.25, 0.3) is 0 Å². The molecule has 0 bridgehead atoms. The van der Waals surface area contributed by atoms with E-state index in [1.54, 1.807) is 37.8 Å². The number of methoxy groups -OCH3 is 1. The van der Waals surface area contributed by atoms with E-state index in [2.05, 4.69) is 10.3 Å². The molecule has 8 nitrogen and oxygen atoms in total. The van der Waals surface area contributed by atoms with Gasteiger partial charge in [-0.2, -0.15) is 0 Å². The van der Waals surface area contributed by atoms with Gasteiger partial charge >= 0.3 is 0 Å². The molecule has 0 saturated heterocycles. The summed E-state index contributed by atoms with van der Waals surface area (Å²) in [5.41, 5.74) is 6.93. The first-order chi connectivity index (χ1) is 12.1. The minimum atomic E-state index is 0.272. The summed E-state index contributed by atoms with van der Waals surface area (Å²) in [4.78, 5) is 4.03. The average Bonchev–Trinajstić information content (AvgIpc) is 2.63. The third kappa shape index (κ3) is 4.72. The van der Waals surface area contributed by atoms with Crippen LogP contribution in [0.1, 0.15) is 0 Å². The Morgan fingerprint density at radius 3 is 2.84 bits per heavy atom. The number of halogens is 1. The van der Waals surface area contributed by atoms with Crippen molar-refractivity contribution in [3.8, 4) is 5.75 Å². The molecule has 9 heteroatoms. The highest BCUT2D eigenvalue weighted by Gasteiger charge is 2.17. The van der Waals surface area contributed by atoms with Gasteiger partial charge in [-0.25, -0.2) is 4.98 Å². The predicted octanol–water partition coefficient (Wildman–Crippen LogP) is 1.24. The zero-order valence-corrected chi connectivity index (χ0v) is 14.8. The van der Waals surface area contributed by atoms with Gasteiger partial charge in [0.05, 0.1) is 24.7 Å². The molecule has 6 N–H and O–H groups in total. The number of anilines is 2. The van der Waals surface area contributed by atoms with Gasteiger partial charge in [-0.15, -0.1) is 0 Å². The number of ether oxygens (including phenoxy) is 3. The van der Waals surface area contributed by atoms with Crippen molar-refractivity contribution in [2.75, 3.05) is 38.4 Å². The largest absolute Gasteiger partial charge is 0.486 e. The number of quaternary nitrogens is 1. The molecule has 0 saturated carbocycles. The Bertz CT molecular complexity index is 731. The van der Waals surface area contributed by atoms with Crippen LogP contribution in [0, 0.1) is 5.41 Å². The number of nitrogens with zero attached hydrogens (tertiary/aromatic N) is 1. The summed E-state index contributed by atoms with van der Waals surface area (Å²) in [5, 5.41) is 12.6. The van der Waals surface area contributed by atoms with Crippen molar-refractivity contribution in [1.82, 2.24) is 4.98 Å². The third-order valence-corrected chi connectivity index (χ3v) is 3.68. The van der Waals surface area contributed by atoms with Crippen LogP contribution in [0.3, 0.4) is 0 Å². The Hall–Kier alpha value is -2.55. The zero-order chi connectivity index (χ0) is 18.2.